The van der Waals surface area contributed by atoms with Gasteiger partial charge in [0.25, 0.3) is 0 Å². The summed E-state index contributed by atoms with van der Waals surface area (Å²) in [4.78, 5) is 0. The molecular weight excluding hydrogens is 128 g/mol. The monoisotopic (exact) mass is 146 g/mol. The minimum absolute atomic E-state index is 0.572. The molecular formula is C8H18S. The van der Waals surface area contributed by atoms with Gasteiger partial charge in [0, 0.05) is 0 Å². The third-order valence-electron chi connectivity index (χ3n) is 1.94. The first-order valence-electron chi connectivity index (χ1n) is 3.61. The van der Waals surface area contributed by atoms with E-state index in [-0.39, 0.29) is 0 Å². The lowest BCUT2D eigenvalue weighted by atomic mass is 9.87. The van der Waals surface area contributed by atoms with Gasteiger partial charge in [-0.25, -0.2) is 0 Å². The van der Waals surface area contributed by atoms with Crippen molar-refractivity contribution in [2.24, 2.45) is 5.41 Å². The molecule has 0 unspecified atom stereocenters. The SMILES string of the molecule is CCC(C)(C)CCSC. The van der Waals surface area contributed by atoms with E-state index < -0.39 is 0 Å². The first-order valence-corrected chi connectivity index (χ1v) is 5.00. The zero-order chi connectivity index (χ0) is 7.33. The number of hydrogen-bond donors (Lipinski definition) is 0. The Labute approximate surface area is 63.4 Å². The minimum Gasteiger partial charge on any atom is -0.165 e. The summed E-state index contributed by atoms with van der Waals surface area (Å²) < 4.78 is 0. The van der Waals surface area contributed by atoms with Gasteiger partial charge in [0.2, 0.25) is 0 Å². The number of thioether (sulfide) groups is 1. The molecule has 0 aliphatic heterocycles. The van der Waals surface area contributed by atoms with E-state index in [1.807, 2.05) is 11.8 Å². The van der Waals surface area contributed by atoms with Crippen molar-refractivity contribution in [3.8, 4) is 0 Å². The van der Waals surface area contributed by atoms with Crippen molar-refractivity contribution in [2.45, 2.75) is 33.6 Å². The highest BCUT2D eigenvalue weighted by Crippen LogP contribution is 2.25. The fourth-order valence-electron chi connectivity index (χ4n) is 0.555. The fourth-order valence-corrected chi connectivity index (χ4v) is 1.31. The molecule has 0 rings (SSSR count). The van der Waals surface area contributed by atoms with Crippen LogP contribution in [0.15, 0.2) is 0 Å². The van der Waals surface area contributed by atoms with Crippen molar-refractivity contribution in [2.75, 3.05) is 12.0 Å². The van der Waals surface area contributed by atoms with E-state index in [2.05, 4.69) is 27.0 Å². The van der Waals surface area contributed by atoms with E-state index in [1.165, 1.54) is 18.6 Å². The molecule has 0 amide bonds. The second-order valence-corrected chi connectivity index (χ2v) is 4.25. The Kier molecular flexibility index (Phi) is 4.37. The molecule has 0 nitrogen and oxygen atoms in total. The van der Waals surface area contributed by atoms with Crippen LogP contribution >= 0.6 is 11.8 Å². The van der Waals surface area contributed by atoms with Gasteiger partial charge in [-0.2, -0.15) is 11.8 Å². The van der Waals surface area contributed by atoms with E-state index in [9.17, 15) is 0 Å². The van der Waals surface area contributed by atoms with Crippen LogP contribution in [0.25, 0.3) is 0 Å². The van der Waals surface area contributed by atoms with Gasteiger partial charge in [0.15, 0.2) is 0 Å². The second-order valence-electron chi connectivity index (χ2n) is 3.26. The Morgan fingerprint density at radius 3 is 2.22 bits per heavy atom. The molecule has 0 aromatic heterocycles. The normalized spacial score (nSPS) is 12.0. The van der Waals surface area contributed by atoms with Crippen LogP contribution < -0.4 is 0 Å². The van der Waals surface area contributed by atoms with Crippen LogP contribution in [0.1, 0.15) is 33.6 Å². The van der Waals surface area contributed by atoms with Gasteiger partial charge in [0.1, 0.15) is 0 Å². The summed E-state index contributed by atoms with van der Waals surface area (Å²) in [6, 6.07) is 0. The van der Waals surface area contributed by atoms with Gasteiger partial charge < -0.3 is 0 Å². The van der Waals surface area contributed by atoms with Crippen molar-refractivity contribution < 1.29 is 0 Å². The third kappa shape index (κ3) is 4.83. The fraction of sp³-hybridized carbons (Fsp3) is 1.00. The molecule has 0 saturated heterocycles. The van der Waals surface area contributed by atoms with Crippen molar-refractivity contribution in [1.82, 2.24) is 0 Å². The Hall–Kier alpha value is 0.350. The van der Waals surface area contributed by atoms with E-state index in [0.717, 1.165) is 0 Å². The minimum atomic E-state index is 0.572. The zero-order valence-electron chi connectivity index (χ0n) is 7.03. The summed E-state index contributed by atoms with van der Waals surface area (Å²) in [5.41, 5.74) is 0.572. The maximum Gasteiger partial charge on any atom is -0.00652 e. The van der Waals surface area contributed by atoms with Gasteiger partial charge in [-0.3, -0.25) is 0 Å². The Morgan fingerprint density at radius 1 is 1.33 bits per heavy atom. The first-order chi connectivity index (χ1) is 4.12. The van der Waals surface area contributed by atoms with Crippen LogP contribution in [0.5, 0.6) is 0 Å². The van der Waals surface area contributed by atoms with Crippen LogP contribution in [0.3, 0.4) is 0 Å². The smallest absolute Gasteiger partial charge is 0.00652 e. The Bertz CT molecular complexity index is 67.0. The molecule has 9 heavy (non-hydrogen) atoms. The summed E-state index contributed by atoms with van der Waals surface area (Å²) in [7, 11) is 0. The molecule has 0 saturated carbocycles. The molecule has 0 aromatic carbocycles. The molecule has 0 spiro atoms. The quantitative estimate of drug-likeness (QED) is 0.587. The molecule has 0 aliphatic rings. The van der Waals surface area contributed by atoms with E-state index in [4.69, 9.17) is 0 Å². The van der Waals surface area contributed by atoms with E-state index in [0.29, 0.717) is 5.41 Å². The molecule has 0 heterocycles. The highest BCUT2D eigenvalue weighted by Gasteiger charge is 2.12. The van der Waals surface area contributed by atoms with E-state index in [1.54, 1.807) is 0 Å². The number of rotatable bonds is 4. The Balaban J connectivity index is 3.33. The molecule has 0 radical (unpaired) electrons. The van der Waals surface area contributed by atoms with Crippen LogP contribution in [0.2, 0.25) is 0 Å². The lowest BCUT2D eigenvalue weighted by Crippen LogP contribution is -2.10. The van der Waals surface area contributed by atoms with Gasteiger partial charge in [-0.1, -0.05) is 27.2 Å². The van der Waals surface area contributed by atoms with Crippen molar-refractivity contribution >= 4 is 11.8 Å². The molecule has 1 heteroatoms. The predicted octanol–water partition coefficient (Wildman–Crippen LogP) is 3.18. The molecule has 0 bridgehead atoms. The largest absolute Gasteiger partial charge is 0.165 e. The van der Waals surface area contributed by atoms with Gasteiger partial charge >= 0.3 is 0 Å². The van der Waals surface area contributed by atoms with Crippen LogP contribution in [-0.4, -0.2) is 12.0 Å². The van der Waals surface area contributed by atoms with Gasteiger partial charge in [-0.15, -0.1) is 0 Å². The summed E-state index contributed by atoms with van der Waals surface area (Å²) in [6.07, 6.45) is 4.82. The standard InChI is InChI=1S/C8H18S/c1-5-8(2,3)6-7-9-4/h5-7H2,1-4H3. The molecule has 0 N–H and O–H groups in total. The average molecular weight is 146 g/mol. The molecule has 0 atom stereocenters. The Morgan fingerprint density at radius 2 is 1.89 bits per heavy atom. The van der Waals surface area contributed by atoms with Gasteiger partial charge in [0.05, 0.1) is 0 Å². The summed E-state index contributed by atoms with van der Waals surface area (Å²) in [5.74, 6) is 1.31. The molecule has 0 aliphatic carbocycles. The van der Waals surface area contributed by atoms with Crippen molar-refractivity contribution in [3.63, 3.8) is 0 Å². The lowest BCUT2D eigenvalue weighted by Gasteiger charge is -2.21. The highest BCUT2D eigenvalue weighted by atomic mass is 32.2. The van der Waals surface area contributed by atoms with Crippen molar-refractivity contribution in [3.05, 3.63) is 0 Å². The maximum absolute atomic E-state index is 2.34. The molecule has 0 fully saturated rings. The maximum atomic E-state index is 2.34. The highest BCUT2D eigenvalue weighted by molar-refractivity contribution is 7.98. The number of hydrogen-bond acceptors (Lipinski definition) is 1. The first kappa shape index (κ1) is 9.35. The van der Waals surface area contributed by atoms with Crippen LogP contribution in [0.4, 0.5) is 0 Å². The summed E-state index contributed by atoms with van der Waals surface area (Å²) in [6.45, 7) is 6.94. The average Bonchev–Trinajstić information content (AvgIpc) is 1.84. The zero-order valence-corrected chi connectivity index (χ0v) is 7.85. The van der Waals surface area contributed by atoms with E-state index >= 15 is 0 Å². The second kappa shape index (κ2) is 4.21. The lowest BCUT2D eigenvalue weighted by molar-refractivity contribution is 0.341. The third-order valence-corrected chi connectivity index (χ3v) is 2.55. The molecule has 56 valence electrons. The molecule has 0 aromatic rings. The predicted molar refractivity (Wildman–Crippen MR) is 47.1 cm³/mol. The van der Waals surface area contributed by atoms with Gasteiger partial charge in [-0.05, 0) is 23.8 Å². The topological polar surface area (TPSA) is 0 Å². The van der Waals surface area contributed by atoms with Crippen LogP contribution in [0, 0.1) is 5.41 Å². The van der Waals surface area contributed by atoms with Crippen molar-refractivity contribution in [1.29, 1.82) is 0 Å². The summed E-state index contributed by atoms with van der Waals surface area (Å²) in [5, 5.41) is 0. The van der Waals surface area contributed by atoms with Crippen LogP contribution in [-0.2, 0) is 0 Å². The summed E-state index contributed by atoms with van der Waals surface area (Å²) >= 11 is 1.94.